The van der Waals surface area contributed by atoms with Gasteiger partial charge in [-0.05, 0) is 37.9 Å². The minimum atomic E-state index is -1.91. The summed E-state index contributed by atoms with van der Waals surface area (Å²) in [6.45, 7) is 3.89. The largest absolute Gasteiger partial charge is 0.445 e. The summed E-state index contributed by atoms with van der Waals surface area (Å²) in [5.41, 5.74) is -0.919. The van der Waals surface area contributed by atoms with E-state index in [9.17, 15) is 14.7 Å². The molecular formula is C17H13Br2NO4. The van der Waals surface area contributed by atoms with Gasteiger partial charge in [0.2, 0.25) is 5.78 Å². The number of hydrogen-bond acceptors (Lipinski definition) is 4. The fraction of sp³-hybridized carbons (Fsp3) is 0.176. The van der Waals surface area contributed by atoms with E-state index in [2.05, 4.69) is 38.4 Å². The van der Waals surface area contributed by atoms with E-state index in [1.807, 2.05) is 0 Å². The summed E-state index contributed by atoms with van der Waals surface area (Å²) in [4.78, 5) is 26.7. The van der Waals surface area contributed by atoms with Gasteiger partial charge in [0, 0.05) is 18.2 Å². The molecule has 7 heteroatoms. The standard InChI is InChI=1S/C17H13Br2NO4/c1-2-7-20-12-6-4-3-5-10(12)17(23,16(20)22)9-13(21)14-8-11(18)15(19)24-14/h2-6,8,23H,1,7,9H2/t17-/m0/s1. The number of fused-ring (bicyclic) bond motifs is 1. The maximum Gasteiger partial charge on any atom is 0.264 e. The summed E-state index contributed by atoms with van der Waals surface area (Å²) >= 11 is 6.40. The van der Waals surface area contributed by atoms with Crippen molar-refractivity contribution in [2.75, 3.05) is 11.4 Å². The third-order valence-corrected chi connectivity index (χ3v) is 5.60. The Kier molecular flexibility index (Phi) is 4.50. The Hall–Kier alpha value is -1.70. The molecule has 0 bridgehead atoms. The van der Waals surface area contributed by atoms with E-state index in [0.717, 1.165) is 0 Å². The van der Waals surface area contributed by atoms with Crippen molar-refractivity contribution < 1.29 is 19.1 Å². The Morgan fingerprint density at radius 2 is 2.08 bits per heavy atom. The van der Waals surface area contributed by atoms with Gasteiger partial charge in [-0.2, -0.15) is 0 Å². The number of Topliss-reactive ketones (excluding diaryl/α,β-unsaturated/α-hetero) is 1. The summed E-state index contributed by atoms with van der Waals surface area (Å²) in [5.74, 6) is -0.941. The number of ketones is 1. The van der Waals surface area contributed by atoms with Crippen LogP contribution in [0.25, 0.3) is 0 Å². The number of amides is 1. The van der Waals surface area contributed by atoms with E-state index in [1.54, 1.807) is 30.3 Å². The second-order valence-electron chi connectivity index (χ2n) is 5.41. The first-order chi connectivity index (χ1) is 11.4. The van der Waals surface area contributed by atoms with Crippen molar-refractivity contribution >= 4 is 49.2 Å². The van der Waals surface area contributed by atoms with E-state index in [4.69, 9.17) is 4.42 Å². The van der Waals surface area contributed by atoms with Crippen LogP contribution in [-0.4, -0.2) is 23.3 Å². The molecule has 5 nitrogen and oxygen atoms in total. The SMILES string of the molecule is C=CCN1C(=O)[C@](O)(CC(=O)c2cc(Br)c(Br)o2)c2ccccc21. The van der Waals surface area contributed by atoms with Crippen LogP contribution in [0, 0.1) is 0 Å². The molecule has 1 aliphatic rings. The van der Waals surface area contributed by atoms with Crippen molar-refractivity contribution in [2.24, 2.45) is 0 Å². The number of benzene rings is 1. The number of para-hydroxylation sites is 1. The molecule has 0 radical (unpaired) electrons. The van der Waals surface area contributed by atoms with Crippen molar-refractivity contribution in [1.29, 1.82) is 0 Å². The first-order valence-electron chi connectivity index (χ1n) is 7.11. The van der Waals surface area contributed by atoms with E-state index in [0.29, 0.717) is 20.4 Å². The number of rotatable bonds is 5. The molecule has 2 aromatic rings. The second kappa shape index (κ2) is 6.31. The maximum atomic E-state index is 12.7. The fourth-order valence-electron chi connectivity index (χ4n) is 2.79. The summed E-state index contributed by atoms with van der Waals surface area (Å²) in [6.07, 6.45) is 1.17. The van der Waals surface area contributed by atoms with Gasteiger partial charge in [0.15, 0.2) is 16.0 Å². The van der Waals surface area contributed by atoms with E-state index in [1.165, 1.54) is 11.0 Å². The molecule has 0 spiro atoms. The predicted molar refractivity (Wildman–Crippen MR) is 95.9 cm³/mol. The molecule has 1 aliphatic heterocycles. The number of furan rings is 1. The lowest BCUT2D eigenvalue weighted by Gasteiger charge is -2.21. The van der Waals surface area contributed by atoms with Crippen LogP contribution in [0.2, 0.25) is 0 Å². The number of aliphatic hydroxyl groups is 1. The molecular weight excluding hydrogens is 442 g/mol. The smallest absolute Gasteiger partial charge is 0.264 e. The monoisotopic (exact) mass is 453 g/mol. The van der Waals surface area contributed by atoms with Crippen LogP contribution >= 0.6 is 31.9 Å². The van der Waals surface area contributed by atoms with Crippen molar-refractivity contribution in [1.82, 2.24) is 0 Å². The van der Waals surface area contributed by atoms with Gasteiger partial charge in [0.05, 0.1) is 16.6 Å². The summed E-state index contributed by atoms with van der Waals surface area (Å²) in [6, 6.07) is 8.38. The molecule has 1 N–H and O–H groups in total. The average molecular weight is 455 g/mol. The number of anilines is 1. The van der Waals surface area contributed by atoms with Crippen LogP contribution in [0.1, 0.15) is 22.5 Å². The van der Waals surface area contributed by atoms with E-state index in [-0.39, 0.29) is 12.3 Å². The first-order valence-corrected chi connectivity index (χ1v) is 8.70. The number of carbonyl (C=O) groups excluding carboxylic acids is 2. The van der Waals surface area contributed by atoms with Gasteiger partial charge >= 0.3 is 0 Å². The highest BCUT2D eigenvalue weighted by Crippen LogP contribution is 2.43. The van der Waals surface area contributed by atoms with Crippen LogP contribution in [-0.2, 0) is 10.4 Å². The fourth-order valence-corrected chi connectivity index (χ4v) is 3.37. The van der Waals surface area contributed by atoms with Gasteiger partial charge in [-0.25, -0.2) is 0 Å². The van der Waals surface area contributed by atoms with E-state index >= 15 is 0 Å². The lowest BCUT2D eigenvalue weighted by molar-refractivity contribution is -0.135. The molecule has 3 rings (SSSR count). The molecule has 24 heavy (non-hydrogen) atoms. The zero-order valence-corrected chi connectivity index (χ0v) is 15.6. The van der Waals surface area contributed by atoms with Crippen molar-refractivity contribution in [3.8, 4) is 0 Å². The molecule has 0 aliphatic carbocycles. The van der Waals surface area contributed by atoms with Gasteiger partial charge in [-0.3, -0.25) is 9.59 Å². The molecule has 124 valence electrons. The predicted octanol–water partition coefficient (Wildman–Crippen LogP) is 3.80. The zero-order valence-electron chi connectivity index (χ0n) is 12.5. The highest BCUT2D eigenvalue weighted by atomic mass is 79.9. The van der Waals surface area contributed by atoms with Crippen molar-refractivity contribution in [3.05, 3.63) is 63.5 Å². The summed E-state index contributed by atoms with van der Waals surface area (Å²) < 4.78 is 6.26. The Balaban J connectivity index is 1.98. The average Bonchev–Trinajstić information content (AvgIpc) is 3.00. The molecule has 1 aromatic carbocycles. The number of carbonyl (C=O) groups is 2. The van der Waals surface area contributed by atoms with Gasteiger partial charge in [0.1, 0.15) is 0 Å². The van der Waals surface area contributed by atoms with Crippen molar-refractivity contribution in [3.63, 3.8) is 0 Å². The molecule has 0 saturated heterocycles. The van der Waals surface area contributed by atoms with Crippen LogP contribution in [0.4, 0.5) is 5.69 Å². The Bertz CT molecular complexity index is 825. The molecule has 1 amide bonds. The molecule has 2 heterocycles. The van der Waals surface area contributed by atoms with Gasteiger partial charge < -0.3 is 14.4 Å². The van der Waals surface area contributed by atoms with Crippen LogP contribution < -0.4 is 4.90 Å². The highest BCUT2D eigenvalue weighted by Gasteiger charge is 2.50. The Morgan fingerprint density at radius 1 is 1.38 bits per heavy atom. The number of halogens is 2. The van der Waals surface area contributed by atoms with Gasteiger partial charge in [0.25, 0.3) is 5.91 Å². The van der Waals surface area contributed by atoms with Crippen LogP contribution in [0.3, 0.4) is 0 Å². The van der Waals surface area contributed by atoms with Crippen LogP contribution in [0.5, 0.6) is 0 Å². The quantitative estimate of drug-likeness (QED) is 0.551. The normalized spacial score (nSPS) is 19.5. The van der Waals surface area contributed by atoms with Gasteiger partial charge in [-0.1, -0.05) is 24.3 Å². The number of nitrogens with zero attached hydrogens (tertiary/aromatic N) is 1. The number of hydrogen-bond donors (Lipinski definition) is 1. The molecule has 0 saturated carbocycles. The third kappa shape index (κ3) is 2.66. The first kappa shape index (κ1) is 17.1. The lowest BCUT2D eigenvalue weighted by atomic mass is 9.89. The third-order valence-electron chi connectivity index (χ3n) is 3.89. The topological polar surface area (TPSA) is 70.8 Å². The van der Waals surface area contributed by atoms with Gasteiger partial charge in [-0.15, -0.1) is 6.58 Å². The maximum absolute atomic E-state index is 12.7. The second-order valence-corrected chi connectivity index (χ2v) is 6.99. The van der Waals surface area contributed by atoms with E-state index < -0.39 is 23.7 Å². The molecule has 1 aromatic heterocycles. The minimum Gasteiger partial charge on any atom is -0.445 e. The minimum absolute atomic E-state index is 0.0645. The van der Waals surface area contributed by atoms with Crippen molar-refractivity contribution in [2.45, 2.75) is 12.0 Å². The Labute approximate surface area is 155 Å². The zero-order chi connectivity index (χ0) is 17.5. The summed E-state index contributed by atoms with van der Waals surface area (Å²) in [5, 5.41) is 11.0. The highest BCUT2D eigenvalue weighted by molar-refractivity contribution is 9.13. The van der Waals surface area contributed by atoms with Crippen LogP contribution in [0.15, 0.2) is 56.5 Å². The lowest BCUT2D eigenvalue weighted by Crippen LogP contribution is -2.41. The molecule has 0 unspecified atom stereocenters. The molecule has 0 fully saturated rings. The summed E-state index contributed by atoms with van der Waals surface area (Å²) in [7, 11) is 0. The molecule has 1 atom stereocenters. The Morgan fingerprint density at radius 3 is 2.71 bits per heavy atom.